The third-order valence-electron chi connectivity index (χ3n) is 2.25. The van der Waals surface area contributed by atoms with Crippen molar-refractivity contribution in [3.8, 4) is 0 Å². The van der Waals surface area contributed by atoms with Gasteiger partial charge in [0.25, 0.3) is 0 Å². The average Bonchev–Trinajstić information content (AvgIpc) is 2.85. The molecule has 2 rings (SSSR count). The molecular weight excluding hydrogens is 254 g/mol. The second-order valence-electron chi connectivity index (χ2n) is 3.62. The lowest BCUT2D eigenvalue weighted by atomic mass is 10.3. The Balaban J connectivity index is 1.73. The summed E-state index contributed by atoms with van der Waals surface area (Å²) in [5.41, 5.74) is 1.50. The van der Waals surface area contributed by atoms with Crippen molar-refractivity contribution in [2.24, 2.45) is 0 Å². The summed E-state index contributed by atoms with van der Waals surface area (Å²) in [5, 5.41) is 6.05. The molecule has 0 aliphatic rings. The number of rotatable bonds is 4. The van der Waals surface area contributed by atoms with Crippen LogP contribution in [0.15, 0.2) is 41.3 Å². The van der Waals surface area contributed by atoms with E-state index in [-0.39, 0.29) is 6.03 Å². The lowest BCUT2D eigenvalue weighted by molar-refractivity contribution is 0.252. The number of urea groups is 1. The Morgan fingerprint density at radius 2 is 2.11 bits per heavy atom. The predicted octanol–water partition coefficient (Wildman–Crippen LogP) is 2.69. The molecule has 0 spiro atoms. The fourth-order valence-corrected chi connectivity index (χ4v) is 1.50. The number of aromatic nitrogens is 1. The van der Waals surface area contributed by atoms with Crippen LogP contribution in [0.25, 0.3) is 0 Å². The lowest BCUT2D eigenvalue weighted by Gasteiger charge is -2.06. The molecule has 0 saturated heterocycles. The van der Waals surface area contributed by atoms with E-state index in [1.54, 1.807) is 30.5 Å². The van der Waals surface area contributed by atoms with Gasteiger partial charge < -0.3 is 15.1 Å². The Hall–Kier alpha value is -2.01. The van der Waals surface area contributed by atoms with Gasteiger partial charge in [0.2, 0.25) is 0 Å². The molecule has 5 nitrogen and oxygen atoms in total. The average molecular weight is 266 g/mol. The van der Waals surface area contributed by atoms with Gasteiger partial charge in [0.05, 0.1) is 5.69 Å². The van der Waals surface area contributed by atoms with Crippen LogP contribution in [0.2, 0.25) is 5.02 Å². The van der Waals surface area contributed by atoms with Crippen LogP contribution < -0.4 is 10.6 Å². The second kappa shape index (κ2) is 6.07. The van der Waals surface area contributed by atoms with E-state index in [0.29, 0.717) is 23.7 Å². The first kappa shape index (κ1) is 12.4. The van der Waals surface area contributed by atoms with E-state index in [9.17, 15) is 4.79 Å². The molecule has 0 unspecified atom stereocenters. The molecule has 0 saturated carbocycles. The summed E-state index contributed by atoms with van der Waals surface area (Å²) in [6.07, 6.45) is 3.55. The summed E-state index contributed by atoms with van der Waals surface area (Å²) in [5.74, 6) is 0. The van der Waals surface area contributed by atoms with Crippen LogP contribution in [0.5, 0.6) is 0 Å². The molecule has 2 N–H and O–H groups in total. The number of nitrogens with zero attached hydrogens (tertiary/aromatic N) is 1. The Labute approximate surface area is 109 Å². The third kappa shape index (κ3) is 3.78. The van der Waals surface area contributed by atoms with E-state index < -0.39 is 0 Å². The molecule has 6 heteroatoms. The van der Waals surface area contributed by atoms with Crippen molar-refractivity contribution >= 4 is 23.3 Å². The SMILES string of the molecule is O=C(NCCc1cocn1)Nc1ccc(Cl)cc1. The van der Waals surface area contributed by atoms with E-state index in [1.165, 1.54) is 6.39 Å². The van der Waals surface area contributed by atoms with Crippen LogP contribution in [0.4, 0.5) is 10.5 Å². The predicted molar refractivity (Wildman–Crippen MR) is 68.7 cm³/mol. The van der Waals surface area contributed by atoms with Crippen LogP contribution in [0.3, 0.4) is 0 Å². The molecule has 0 fully saturated rings. The number of nitrogens with one attached hydrogen (secondary N) is 2. The number of hydrogen-bond acceptors (Lipinski definition) is 3. The number of oxazole rings is 1. The Morgan fingerprint density at radius 1 is 1.33 bits per heavy atom. The summed E-state index contributed by atoms with van der Waals surface area (Å²) >= 11 is 5.74. The summed E-state index contributed by atoms with van der Waals surface area (Å²) in [6, 6.07) is 6.64. The molecular formula is C12H12ClN3O2. The zero-order valence-electron chi connectivity index (χ0n) is 9.52. The van der Waals surface area contributed by atoms with Crippen molar-refractivity contribution in [1.29, 1.82) is 0 Å². The number of anilines is 1. The van der Waals surface area contributed by atoms with E-state index >= 15 is 0 Å². The highest BCUT2D eigenvalue weighted by atomic mass is 35.5. The van der Waals surface area contributed by atoms with Crippen molar-refractivity contribution in [3.05, 3.63) is 47.6 Å². The monoisotopic (exact) mass is 265 g/mol. The Bertz CT molecular complexity index is 497. The molecule has 0 radical (unpaired) electrons. The zero-order chi connectivity index (χ0) is 12.8. The van der Waals surface area contributed by atoms with Gasteiger partial charge in [0.15, 0.2) is 6.39 Å². The lowest BCUT2D eigenvalue weighted by Crippen LogP contribution is -2.30. The zero-order valence-corrected chi connectivity index (χ0v) is 10.3. The molecule has 0 bridgehead atoms. The summed E-state index contributed by atoms with van der Waals surface area (Å²) in [4.78, 5) is 15.5. The molecule has 94 valence electrons. The minimum absolute atomic E-state index is 0.263. The van der Waals surface area contributed by atoms with E-state index in [1.807, 2.05) is 0 Å². The van der Waals surface area contributed by atoms with Gasteiger partial charge in [0.1, 0.15) is 6.26 Å². The quantitative estimate of drug-likeness (QED) is 0.893. The number of amides is 2. The van der Waals surface area contributed by atoms with Crippen LogP contribution >= 0.6 is 11.6 Å². The molecule has 0 aliphatic heterocycles. The maximum Gasteiger partial charge on any atom is 0.319 e. The fourth-order valence-electron chi connectivity index (χ4n) is 1.37. The number of hydrogen-bond donors (Lipinski definition) is 2. The minimum Gasteiger partial charge on any atom is -0.451 e. The molecule has 1 heterocycles. The van der Waals surface area contributed by atoms with Crippen molar-refractivity contribution < 1.29 is 9.21 Å². The third-order valence-corrected chi connectivity index (χ3v) is 2.50. The van der Waals surface area contributed by atoms with Gasteiger partial charge in [-0.1, -0.05) is 11.6 Å². The van der Waals surface area contributed by atoms with Crippen molar-refractivity contribution in [2.75, 3.05) is 11.9 Å². The standard InChI is InChI=1S/C12H12ClN3O2/c13-9-1-3-10(4-2-9)16-12(17)14-6-5-11-7-18-8-15-11/h1-4,7-8H,5-6H2,(H2,14,16,17). The topological polar surface area (TPSA) is 67.2 Å². The van der Waals surface area contributed by atoms with Crippen LogP contribution in [-0.2, 0) is 6.42 Å². The number of benzene rings is 1. The van der Waals surface area contributed by atoms with Gasteiger partial charge in [0, 0.05) is 23.7 Å². The largest absolute Gasteiger partial charge is 0.451 e. The van der Waals surface area contributed by atoms with Gasteiger partial charge in [-0.3, -0.25) is 0 Å². The van der Waals surface area contributed by atoms with Gasteiger partial charge in [-0.15, -0.1) is 0 Å². The number of halogens is 1. The van der Waals surface area contributed by atoms with Gasteiger partial charge in [-0.2, -0.15) is 0 Å². The van der Waals surface area contributed by atoms with Gasteiger partial charge >= 0.3 is 6.03 Å². The number of carbonyl (C=O) groups excluding carboxylic acids is 1. The maximum atomic E-state index is 11.5. The molecule has 18 heavy (non-hydrogen) atoms. The summed E-state index contributed by atoms with van der Waals surface area (Å²) in [6.45, 7) is 0.492. The molecule has 0 aliphatic carbocycles. The van der Waals surface area contributed by atoms with Gasteiger partial charge in [-0.05, 0) is 24.3 Å². The summed E-state index contributed by atoms with van der Waals surface area (Å²) < 4.78 is 4.83. The maximum absolute atomic E-state index is 11.5. The van der Waals surface area contributed by atoms with Crippen molar-refractivity contribution in [1.82, 2.24) is 10.3 Å². The van der Waals surface area contributed by atoms with Crippen molar-refractivity contribution in [2.45, 2.75) is 6.42 Å². The molecule has 1 aromatic heterocycles. The normalized spacial score (nSPS) is 10.1. The van der Waals surface area contributed by atoms with E-state index in [4.69, 9.17) is 16.0 Å². The second-order valence-corrected chi connectivity index (χ2v) is 4.05. The Morgan fingerprint density at radius 3 is 2.78 bits per heavy atom. The highest BCUT2D eigenvalue weighted by Gasteiger charge is 2.02. The summed E-state index contributed by atoms with van der Waals surface area (Å²) in [7, 11) is 0. The first-order valence-electron chi connectivity index (χ1n) is 5.41. The first-order valence-corrected chi connectivity index (χ1v) is 5.79. The van der Waals surface area contributed by atoms with E-state index in [0.717, 1.165) is 5.69 Å². The number of carbonyl (C=O) groups is 1. The van der Waals surface area contributed by atoms with E-state index in [2.05, 4.69) is 15.6 Å². The highest BCUT2D eigenvalue weighted by Crippen LogP contribution is 2.12. The highest BCUT2D eigenvalue weighted by molar-refractivity contribution is 6.30. The molecule has 2 amide bonds. The van der Waals surface area contributed by atoms with Crippen LogP contribution in [0, 0.1) is 0 Å². The fraction of sp³-hybridized carbons (Fsp3) is 0.167. The van der Waals surface area contributed by atoms with Crippen molar-refractivity contribution in [3.63, 3.8) is 0 Å². The molecule has 0 atom stereocenters. The Kier molecular flexibility index (Phi) is 4.20. The van der Waals surface area contributed by atoms with Crippen LogP contribution in [-0.4, -0.2) is 17.6 Å². The smallest absolute Gasteiger partial charge is 0.319 e. The molecule has 2 aromatic rings. The van der Waals surface area contributed by atoms with Gasteiger partial charge in [-0.25, -0.2) is 9.78 Å². The minimum atomic E-state index is -0.263. The first-order chi connectivity index (χ1) is 8.74. The van der Waals surface area contributed by atoms with Crippen LogP contribution in [0.1, 0.15) is 5.69 Å². The molecule has 1 aromatic carbocycles.